The molecule has 1 spiro atoms. The molecule has 1 fully saturated rings. The third kappa shape index (κ3) is 3.29. The summed E-state index contributed by atoms with van der Waals surface area (Å²) in [5.41, 5.74) is 1.62. The maximum Gasteiger partial charge on any atom is 0.290 e. The Kier molecular flexibility index (Phi) is 5.43. The zero-order valence-corrected chi connectivity index (χ0v) is 17.1. The number of aryl methyl sites for hydroxylation is 1. The van der Waals surface area contributed by atoms with Crippen molar-refractivity contribution in [3.63, 3.8) is 0 Å². The van der Waals surface area contributed by atoms with Gasteiger partial charge in [0.25, 0.3) is 12.4 Å². The molecule has 2 aliphatic heterocycles. The lowest BCUT2D eigenvalue weighted by atomic mass is 9.73. The van der Waals surface area contributed by atoms with Crippen LogP contribution < -0.4 is 5.32 Å². The highest BCUT2D eigenvalue weighted by molar-refractivity contribution is 6.08. The molecule has 2 N–H and O–H groups in total. The van der Waals surface area contributed by atoms with Gasteiger partial charge in [-0.3, -0.25) is 24.0 Å². The second kappa shape index (κ2) is 8.22. The third-order valence-electron chi connectivity index (χ3n) is 5.84. The molecule has 164 valence electrons. The van der Waals surface area contributed by atoms with Gasteiger partial charge in [0.05, 0.1) is 24.0 Å². The first-order chi connectivity index (χ1) is 15.4. The number of anilines is 1. The fourth-order valence-corrected chi connectivity index (χ4v) is 4.64. The number of amides is 2. The minimum Gasteiger partial charge on any atom is -0.483 e. The van der Waals surface area contributed by atoms with E-state index in [-0.39, 0.29) is 23.9 Å². The summed E-state index contributed by atoms with van der Waals surface area (Å²) < 4.78 is 15.3. The Morgan fingerprint density at radius 2 is 2.06 bits per heavy atom. The maximum atomic E-state index is 13.7. The highest BCUT2D eigenvalue weighted by Crippen LogP contribution is 2.54. The van der Waals surface area contributed by atoms with Crippen molar-refractivity contribution in [2.24, 2.45) is 7.05 Å². The molecule has 1 saturated heterocycles. The lowest BCUT2D eigenvalue weighted by Crippen LogP contribution is -2.42. The Bertz CT molecular complexity index is 1200. The number of hydrogen-bond acceptors (Lipinski definition) is 5. The summed E-state index contributed by atoms with van der Waals surface area (Å²) in [6, 6.07) is 8.16. The minimum absolute atomic E-state index is 0.139. The van der Waals surface area contributed by atoms with Crippen molar-refractivity contribution in [3.05, 3.63) is 77.6 Å². The molecule has 2 amide bonds. The van der Waals surface area contributed by atoms with E-state index in [0.717, 1.165) is 23.0 Å². The fourth-order valence-electron chi connectivity index (χ4n) is 4.64. The number of nitrogens with zero attached hydrogens (tertiary/aromatic N) is 4. The predicted molar refractivity (Wildman–Crippen MR) is 111 cm³/mol. The van der Waals surface area contributed by atoms with Crippen LogP contribution in [0.15, 0.2) is 55.1 Å². The van der Waals surface area contributed by atoms with Gasteiger partial charge in [-0.05, 0) is 24.1 Å². The standard InChI is InChI=1S/C21H18FN5O2.CH2O2/c1-26-12-14(10-24-26)18-21(16-4-2-3-5-17(16)25-20(21)29)6-7-27(18)19(28)13-8-15(22)11-23-9-13;2-1-3/h2-5,8-12,18H,6-7H2,1H3,(H,25,29);1H,(H,2,3). The van der Waals surface area contributed by atoms with Gasteiger partial charge in [-0.2, -0.15) is 5.10 Å². The Morgan fingerprint density at radius 3 is 2.75 bits per heavy atom. The number of pyridine rings is 1. The molecule has 2 unspecified atom stereocenters. The minimum atomic E-state index is -0.921. The van der Waals surface area contributed by atoms with Gasteiger partial charge in [-0.1, -0.05) is 18.2 Å². The molecule has 1 aromatic carbocycles. The maximum absolute atomic E-state index is 13.7. The van der Waals surface area contributed by atoms with Crippen molar-refractivity contribution >= 4 is 24.0 Å². The van der Waals surface area contributed by atoms with Crippen LogP contribution in [-0.4, -0.2) is 49.6 Å². The van der Waals surface area contributed by atoms with E-state index >= 15 is 0 Å². The first kappa shape index (κ1) is 21.2. The number of nitrogens with one attached hydrogen (secondary N) is 1. The molecule has 3 aromatic rings. The highest BCUT2D eigenvalue weighted by atomic mass is 19.1. The van der Waals surface area contributed by atoms with Gasteiger partial charge >= 0.3 is 0 Å². The summed E-state index contributed by atoms with van der Waals surface area (Å²) in [6.07, 6.45) is 6.36. The Labute approximate surface area is 182 Å². The molecule has 2 atom stereocenters. The van der Waals surface area contributed by atoms with Crippen LogP contribution in [0.4, 0.5) is 10.1 Å². The molecule has 0 aliphatic carbocycles. The molecule has 2 aliphatic rings. The smallest absolute Gasteiger partial charge is 0.290 e. The lowest BCUT2D eigenvalue weighted by Gasteiger charge is -2.33. The van der Waals surface area contributed by atoms with Crippen molar-refractivity contribution in [1.29, 1.82) is 0 Å². The highest BCUT2D eigenvalue weighted by Gasteiger charge is 2.59. The molecule has 32 heavy (non-hydrogen) atoms. The quantitative estimate of drug-likeness (QED) is 0.593. The Morgan fingerprint density at radius 1 is 1.31 bits per heavy atom. The molecule has 4 heterocycles. The number of fused-ring (bicyclic) bond motifs is 2. The molecule has 0 radical (unpaired) electrons. The first-order valence-electron chi connectivity index (χ1n) is 9.81. The van der Waals surface area contributed by atoms with Crippen LogP contribution in [0.2, 0.25) is 0 Å². The zero-order chi connectivity index (χ0) is 22.9. The van der Waals surface area contributed by atoms with Gasteiger partial charge < -0.3 is 15.3 Å². The fraction of sp³-hybridized carbons (Fsp3) is 0.227. The molecule has 10 heteroatoms. The zero-order valence-electron chi connectivity index (χ0n) is 17.1. The van der Waals surface area contributed by atoms with Gasteiger partial charge in [0, 0.05) is 37.2 Å². The van der Waals surface area contributed by atoms with Crippen LogP contribution in [0.25, 0.3) is 0 Å². The second-order valence-electron chi connectivity index (χ2n) is 7.57. The molecular formula is C22H20FN5O4. The SMILES string of the molecule is Cn1cc(C2N(C(=O)c3cncc(F)c3)CCC23C(=O)Nc2ccccc23)cn1.O=CO. The average molecular weight is 437 g/mol. The van der Waals surface area contributed by atoms with Gasteiger partial charge in [0.15, 0.2) is 0 Å². The number of benzene rings is 1. The van der Waals surface area contributed by atoms with Crippen LogP contribution in [0, 0.1) is 5.82 Å². The van der Waals surface area contributed by atoms with Crippen molar-refractivity contribution in [1.82, 2.24) is 19.7 Å². The summed E-state index contributed by atoms with van der Waals surface area (Å²) in [7, 11) is 1.79. The van der Waals surface area contributed by atoms with Crippen LogP contribution >= 0.6 is 0 Å². The summed E-state index contributed by atoms with van der Waals surface area (Å²) >= 11 is 0. The molecule has 5 rings (SSSR count). The third-order valence-corrected chi connectivity index (χ3v) is 5.84. The van der Waals surface area contributed by atoms with E-state index in [9.17, 15) is 14.0 Å². The number of aromatic nitrogens is 3. The summed E-state index contributed by atoms with van der Waals surface area (Å²) in [6.45, 7) is 0.108. The van der Waals surface area contributed by atoms with Crippen molar-refractivity contribution in [2.45, 2.75) is 17.9 Å². The molecule has 2 aromatic heterocycles. The van der Waals surface area contributed by atoms with Crippen LogP contribution in [0.1, 0.15) is 33.9 Å². The Balaban J connectivity index is 0.000000775. The number of halogens is 1. The largest absolute Gasteiger partial charge is 0.483 e. The number of rotatable bonds is 2. The number of para-hydroxylation sites is 1. The molecule has 9 nitrogen and oxygen atoms in total. The van der Waals surface area contributed by atoms with Crippen molar-refractivity contribution in [3.8, 4) is 0 Å². The van der Waals surface area contributed by atoms with Gasteiger partial charge in [0.1, 0.15) is 11.2 Å². The normalized spacial score (nSPS) is 21.0. The number of carbonyl (C=O) groups is 3. The van der Waals surface area contributed by atoms with Gasteiger partial charge in [0.2, 0.25) is 5.91 Å². The van der Waals surface area contributed by atoms with Crippen LogP contribution in [0.5, 0.6) is 0 Å². The summed E-state index contributed by atoms with van der Waals surface area (Å²) in [5.74, 6) is -1.08. The summed E-state index contributed by atoms with van der Waals surface area (Å²) in [4.78, 5) is 40.4. The van der Waals surface area contributed by atoms with Gasteiger partial charge in [-0.15, -0.1) is 0 Å². The second-order valence-corrected chi connectivity index (χ2v) is 7.57. The topological polar surface area (TPSA) is 117 Å². The van der Waals surface area contributed by atoms with E-state index in [2.05, 4.69) is 15.4 Å². The van der Waals surface area contributed by atoms with E-state index in [0.29, 0.717) is 13.0 Å². The number of carbonyl (C=O) groups excluding carboxylic acids is 2. The summed E-state index contributed by atoms with van der Waals surface area (Å²) in [5, 5.41) is 14.1. The van der Waals surface area contributed by atoms with Crippen LogP contribution in [0.3, 0.4) is 0 Å². The van der Waals surface area contributed by atoms with E-state index in [1.54, 1.807) is 22.8 Å². The predicted octanol–water partition coefficient (Wildman–Crippen LogP) is 2.13. The van der Waals surface area contributed by atoms with E-state index < -0.39 is 17.3 Å². The lowest BCUT2D eigenvalue weighted by molar-refractivity contribution is -0.123. The van der Waals surface area contributed by atoms with Crippen LogP contribution in [-0.2, 0) is 22.1 Å². The number of likely N-dealkylation sites (tertiary alicyclic amines) is 1. The van der Waals surface area contributed by atoms with Crippen molar-refractivity contribution in [2.75, 3.05) is 11.9 Å². The van der Waals surface area contributed by atoms with E-state index in [1.165, 1.54) is 12.3 Å². The molecule has 0 bridgehead atoms. The average Bonchev–Trinajstić information content (AvgIpc) is 3.45. The Hall–Kier alpha value is -4.08. The molecule has 0 saturated carbocycles. The number of hydrogen-bond donors (Lipinski definition) is 2. The van der Waals surface area contributed by atoms with E-state index in [4.69, 9.17) is 9.90 Å². The van der Waals surface area contributed by atoms with Gasteiger partial charge in [-0.25, -0.2) is 4.39 Å². The molecular weight excluding hydrogens is 417 g/mol. The monoisotopic (exact) mass is 437 g/mol. The van der Waals surface area contributed by atoms with E-state index in [1.807, 2.05) is 30.5 Å². The van der Waals surface area contributed by atoms with Crippen molar-refractivity contribution < 1.29 is 23.9 Å². The first-order valence-corrected chi connectivity index (χ1v) is 9.81. The number of carboxylic acid groups (broad SMARTS) is 1.